The molecule has 1 atom stereocenters. The highest BCUT2D eigenvalue weighted by molar-refractivity contribution is 5.91. The molecule has 0 heterocycles. The van der Waals surface area contributed by atoms with Crippen molar-refractivity contribution in [2.24, 2.45) is 0 Å². The van der Waals surface area contributed by atoms with Crippen molar-refractivity contribution in [3.05, 3.63) is 71.8 Å². The van der Waals surface area contributed by atoms with Gasteiger partial charge in [0.25, 0.3) is 0 Å². The molecule has 0 aliphatic rings. The minimum absolute atomic E-state index is 0.133. The van der Waals surface area contributed by atoms with Crippen molar-refractivity contribution in [3.63, 3.8) is 0 Å². The van der Waals surface area contributed by atoms with Gasteiger partial charge in [0.1, 0.15) is 6.04 Å². The Morgan fingerprint density at radius 2 is 1.74 bits per heavy atom. The van der Waals surface area contributed by atoms with Crippen LogP contribution in [0.25, 0.3) is 0 Å². The first-order valence-electron chi connectivity index (χ1n) is 8.48. The normalized spacial score (nSPS) is 11.8. The molecule has 0 radical (unpaired) electrons. The standard InChI is InChI=1S/C21H23NO5/c1-26-18-12-11-16(14-19(18)27-2)13-17(21(24)25)22-20(23)10-6-9-15-7-4-3-5-8-15/h3-8,10-12,14,17H,9,13H2,1-2H3,(H,22,23)(H,24,25)/b10-6+. The van der Waals surface area contributed by atoms with Gasteiger partial charge in [-0.05, 0) is 35.8 Å². The Balaban J connectivity index is 1.98. The van der Waals surface area contributed by atoms with Crippen LogP contribution in [0, 0.1) is 0 Å². The van der Waals surface area contributed by atoms with Gasteiger partial charge in [-0.2, -0.15) is 0 Å². The van der Waals surface area contributed by atoms with Crippen molar-refractivity contribution in [1.29, 1.82) is 0 Å². The fourth-order valence-corrected chi connectivity index (χ4v) is 2.58. The van der Waals surface area contributed by atoms with Gasteiger partial charge in [-0.15, -0.1) is 0 Å². The average Bonchev–Trinajstić information content (AvgIpc) is 2.68. The Labute approximate surface area is 158 Å². The van der Waals surface area contributed by atoms with Gasteiger partial charge >= 0.3 is 5.97 Å². The van der Waals surface area contributed by atoms with Crippen molar-refractivity contribution in [1.82, 2.24) is 5.32 Å². The summed E-state index contributed by atoms with van der Waals surface area (Å²) in [5.74, 6) is -0.484. The molecule has 0 fully saturated rings. The fourth-order valence-electron chi connectivity index (χ4n) is 2.58. The number of nitrogens with one attached hydrogen (secondary N) is 1. The summed E-state index contributed by atoms with van der Waals surface area (Å²) in [5.41, 5.74) is 1.79. The summed E-state index contributed by atoms with van der Waals surface area (Å²) >= 11 is 0. The third-order valence-corrected chi connectivity index (χ3v) is 3.97. The summed E-state index contributed by atoms with van der Waals surface area (Å²) in [5, 5.41) is 11.9. The largest absolute Gasteiger partial charge is 0.493 e. The maximum absolute atomic E-state index is 12.1. The van der Waals surface area contributed by atoms with Crippen LogP contribution in [-0.4, -0.2) is 37.2 Å². The molecule has 0 aliphatic heterocycles. The summed E-state index contributed by atoms with van der Waals surface area (Å²) in [6.07, 6.45) is 3.80. The Kier molecular flexibility index (Phi) is 7.43. The van der Waals surface area contributed by atoms with Crippen LogP contribution in [0.15, 0.2) is 60.7 Å². The molecule has 2 rings (SSSR count). The van der Waals surface area contributed by atoms with Gasteiger partial charge in [0.15, 0.2) is 11.5 Å². The highest BCUT2D eigenvalue weighted by atomic mass is 16.5. The highest BCUT2D eigenvalue weighted by Gasteiger charge is 2.20. The number of methoxy groups -OCH3 is 2. The van der Waals surface area contributed by atoms with E-state index in [-0.39, 0.29) is 6.42 Å². The van der Waals surface area contributed by atoms with E-state index in [0.717, 1.165) is 5.56 Å². The summed E-state index contributed by atoms with van der Waals surface area (Å²) in [7, 11) is 3.04. The molecule has 27 heavy (non-hydrogen) atoms. The van der Waals surface area contributed by atoms with Crippen molar-refractivity contribution >= 4 is 11.9 Å². The molecule has 0 aromatic heterocycles. The number of carboxylic acid groups (broad SMARTS) is 1. The number of aliphatic carboxylic acids is 1. The molecule has 6 nitrogen and oxygen atoms in total. The van der Waals surface area contributed by atoms with E-state index < -0.39 is 17.9 Å². The number of ether oxygens (including phenoxy) is 2. The van der Waals surface area contributed by atoms with E-state index in [1.54, 1.807) is 24.3 Å². The number of carboxylic acids is 1. The van der Waals surface area contributed by atoms with Gasteiger partial charge in [0.2, 0.25) is 5.91 Å². The van der Waals surface area contributed by atoms with Crippen LogP contribution in [0.1, 0.15) is 11.1 Å². The number of rotatable bonds is 9. The zero-order valence-corrected chi connectivity index (χ0v) is 15.3. The van der Waals surface area contributed by atoms with Gasteiger partial charge < -0.3 is 19.9 Å². The van der Waals surface area contributed by atoms with Crippen LogP contribution >= 0.6 is 0 Å². The molecule has 0 aliphatic carbocycles. The smallest absolute Gasteiger partial charge is 0.326 e. The Hall–Kier alpha value is -3.28. The number of allylic oxidation sites excluding steroid dienone is 1. The van der Waals surface area contributed by atoms with Crippen molar-refractivity contribution in [2.45, 2.75) is 18.9 Å². The first-order valence-corrected chi connectivity index (χ1v) is 8.48. The second-order valence-corrected chi connectivity index (χ2v) is 5.88. The predicted molar refractivity (Wildman–Crippen MR) is 102 cm³/mol. The Morgan fingerprint density at radius 1 is 1.04 bits per heavy atom. The summed E-state index contributed by atoms with van der Waals surface area (Å²) < 4.78 is 10.4. The van der Waals surface area contributed by atoms with Gasteiger partial charge in [-0.25, -0.2) is 4.79 Å². The summed E-state index contributed by atoms with van der Waals surface area (Å²) in [4.78, 5) is 23.6. The van der Waals surface area contributed by atoms with Gasteiger partial charge in [-0.3, -0.25) is 4.79 Å². The van der Waals surface area contributed by atoms with E-state index in [9.17, 15) is 14.7 Å². The summed E-state index contributed by atoms with van der Waals surface area (Å²) in [6, 6.07) is 13.8. The maximum atomic E-state index is 12.1. The number of amides is 1. The van der Waals surface area contributed by atoms with Gasteiger partial charge in [-0.1, -0.05) is 42.5 Å². The SMILES string of the molecule is COc1ccc(CC(NC(=O)/C=C/Cc2ccccc2)C(=O)O)cc1OC. The van der Waals surface area contributed by atoms with E-state index in [4.69, 9.17) is 9.47 Å². The number of benzene rings is 2. The minimum Gasteiger partial charge on any atom is -0.493 e. The zero-order valence-electron chi connectivity index (χ0n) is 15.3. The van der Waals surface area contributed by atoms with E-state index in [0.29, 0.717) is 23.5 Å². The second-order valence-electron chi connectivity index (χ2n) is 5.88. The molecule has 142 valence electrons. The van der Waals surface area contributed by atoms with Gasteiger partial charge in [0.05, 0.1) is 14.2 Å². The molecule has 2 aromatic rings. The van der Waals surface area contributed by atoms with Crippen LogP contribution in [0.3, 0.4) is 0 Å². The molecule has 2 aromatic carbocycles. The Morgan fingerprint density at radius 3 is 2.37 bits per heavy atom. The lowest BCUT2D eigenvalue weighted by Gasteiger charge is -2.15. The molecule has 1 amide bonds. The zero-order chi connectivity index (χ0) is 19.6. The van der Waals surface area contributed by atoms with E-state index in [2.05, 4.69) is 5.32 Å². The molecule has 0 bridgehead atoms. The van der Waals surface area contributed by atoms with Crippen molar-refractivity contribution < 1.29 is 24.2 Å². The lowest BCUT2D eigenvalue weighted by atomic mass is 10.1. The number of carbonyl (C=O) groups is 2. The fraction of sp³-hybridized carbons (Fsp3) is 0.238. The number of carbonyl (C=O) groups excluding carboxylic acids is 1. The average molecular weight is 369 g/mol. The lowest BCUT2D eigenvalue weighted by molar-refractivity contribution is -0.141. The van der Waals surface area contributed by atoms with Crippen LogP contribution in [0.4, 0.5) is 0 Å². The maximum Gasteiger partial charge on any atom is 0.326 e. The lowest BCUT2D eigenvalue weighted by Crippen LogP contribution is -2.41. The third kappa shape index (κ3) is 6.18. The van der Waals surface area contributed by atoms with Crippen LogP contribution in [0.2, 0.25) is 0 Å². The molecular formula is C21H23NO5. The third-order valence-electron chi connectivity index (χ3n) is 3.97. The molecule has 2 N–H and O–H groups in total. The molecule has 0 saturated carbocycles. The van der Waals surface area contributed by atoms with E-state index in [1.807, 2.05) is 30.3 Å². The minimum atomic E-state index is -1.10. The number of hydrogen-bond acceptors (Lipinski definition) is 4. The van der Waals surface area contributed by atoms with Crippen LogP contribution in [0.5, 0.6) is 11.5 Å². The quantitative estimate of drug-likeness (QED) is 0.664. The van der Waals surface area contributed by atoms with Crippen LogP contribution < -0.4 is 14.8 Å². The first kappa shape index (κ1) is 20.0. The highest BCUT2D eigenvalue weighted by Crippen LogP contribution is 2.28. The van der Waals surface area contributed by atoms with Crippen molar-refractivity contribution in [2.75, 3.05) is 14.2 Å². The first-order chi connectivity index (χ1) is 13.0. The van der Waals surface area contributed by atoms with Crippen molar-refractivity contribution in [3.8, 4) is 11.5 Å². The summed E-state index contributed by atoms with van der Waals surface area (Å²) in [6.45, 7) is 0. The monoisotopic (exact) mass is 369 g/mol. The predicted octanol–water partition coefficient (Wildman–Crippen LogP) is 2.61. The van der Waals surface area contributed by atoms with E-state index in [1.165, 1.54) is 20.3 Å². The Bertz CT molecular complexity index is 801. The van der Waals surface area contributed by atoms with Crippen LogP contribution in [-0.2, 0) is 22.4 Å². The molecule has 6 heteroatoms. The molecule has 0 saturated heterocycles. The molecular weight excluding hydrogens is 346 g/mol. The van der Waals surface area contributed by atoms with Gasteiger partial charge in [0, 0.05) is 6.42 Å². The number of hydrogen-bond donors (Lipinski definition) is 2. The molecule has 0 spiro atoms. The second kappa shape index (κ2) is 10.0. The van der Waals surface area contributed by atoms with E-state index >= 15 is 0 Å². The molecule has 1 unspecified atom stereocenters. The topological polar surface area (TPSA) is 84.9 Å².